The van der Waals surface area contributed by atoms with Crippen LogP contribution in [0.2, 0.25) is 0 Å². The number of anilines is 2. The number of rotatable bonds is 6. The predicted molar refractivity (Wildman–Crippen MR) is 117 cm³/mol. The molecule has 0 radical (unpaired) electrons. The first-order chi connectivity index (χ1) is 13.6. The Morgan fingerprint density at radius 2 is 1.86 bits per heavy atom. The van der Waals surface area contributed by atoms with Crippen molar-refractivity contribution in [3.8, 4) is 0 Å². The van der Waals surface area contributed by atoms with E-state index in [4.69, 9.17) is 0 Å². The highest BCUT2D eigenvalue weighted by atomic mass is 32.1. The van der Waals surface area contributed by atoms with E-state index in [9.17, 15) is 4.79 Å². The molecule has 28 heavy (non-hydrogen) atoms. The van der Waals surface area contributed by atoms with E-state index in [0.717, 1.165) is 61.6 Å². The summed E-state index contributed by atoms with van der Waals surface area (Å²) < 4.78 is 0. The maximum Gasteiger partial charge on any atom is 0.256 e. The summed E-state index contributed by atoms with van der Waals surface area (Å²) in [7, 11) is 2.14. The number of carbonyl (C=O) groups is 1. The largest absolute Gasteiger partial charge is 0.372 e. The highest BCUT2D eigenvalue weighted by Gasteiger charge is 2.32. The van der Waals surface area contributed by atoms with Crippen LogP contribution in [0.5, 0.6) is 0 Å². The van der Waals surface area contributed by atoms with Crippen LogP contribution in [0, 0.1) is 0 Å². The fourth-order valence-electron chi connectivity index (χ4n) is 4.20. The Balaban J connectivity index is 1.54. The van der Waals surface area contributed by atoms with Crippen LogP contribution in [0.3, 0.4) is 0 Å². The molecule has 1 atom stereocenters. The molecule has 0 bridgehead atoms. The van der Waals surface area contributed by atoms with Crippen molar-refractivity contribution in [1.82, 2.24) is 10.2 Å². The Kier molecular flexibility index (Phi) is 5.60. The van der Waals surface area contributed by atoms with Gasteiger partial charge in [-0.15, -0.1) is 11.3 Å². The van der Waals surface area contributed by atoms with Crippen molar-refractivity contribution >= 4 is 27.9 Å². The standard InChI is InChI=1S/C22H30N4OS/c1-4-11-26(12-5-2)16-8-6-15(7-9-16)20-23-21(27)19-17-10-13-25(3)14-18(17)28-22(19)24-20/h6-9,20,24H,4-5,10-14H2,1-3H3,(H,23,27)/t20-/m0/s1. The lowest BCUT2D eigenvalue weighted by atomic mass is 10.0. The Morgan fingerprint density at radius 3 is 2.54 bits per heavy atom. The zero-order valence-electron chi connectivity index (χ0n) is 17.0. The lowest BCUT2D eigenvalue weighted by molar-refractivity contribution is 0.0935. The van der Waals surface area contributed by atoms with E-state index in [1.807, 2.05) is 0 Å². The molecule has 6 heteroatoms. The van der Waals surface area contributed by atoms with Gasteiger partial charge < -0.3 is 20.4 Å². The van der Waals surface area contributed by atoms with Crippen LogP contribution >= 0.6 is 11.3 Å². The molecule has 0 unspecified atom stereocenters. The fraction of sp³-hybridized carbons (Fsp3) is 0.500. The molecule has 150 valence electrons. The van der Waals surface area contributed by atoms with Crippen LogP contribution in [0.4, 0.5) is 10.7 Å². The van der Waals surface area contributed by atoms with E-state index < -0.39 is 0 Å². The van der Waals surface area contributed by atoms with Crippen LogP contribution in [-0.2, 0) is 13.0 Å². The van der Waals surface area contributed by atoms with Crippen molar-refractivity contribution < 1.29 is 4.79 Å². The quantitative estimate of drug-likeness (QED) is 0.765. The molecule has 0 saturated carbocycles. The third-order valence-electron chi connectivity index (χ3n) is 5.60. The van der Waals surface area contributed by atoms with E-state index in [-0.39, 0.29) is 12.1 Å². The molecule has 4 rings (SSSR count). The first-order valence-corrected chi connectivity index (χ1v) is 11.2. The molecule has 5 nitrogen and oxygen atoms in total. The van der Waals surface area contributed by atoms with Crippen LogP contribution in [0.1, 0.15) is 59.2 Å². The number of amides is 1. The van der Waals surface area contributed by atoms with Gasteiger partial charge in [0, 0.05) is 36.7 Å². The van der Waals surface area contributed by atoms with Crippen molar-refractivity contribution in [2.75, 3.05) is 36.9 Å². The minimum atomic E-state index is -0.169. The molecule has 2 aliphatic rings. The van der Waals surface area contributed by atoms with Gasteiger partial charge in [0.2, 0.25) is 0 Å². The van der Waals surface area contributed by atoms with E-state index in [1.165, 1.54) is 16.1 Å². The highest BCUT2D eigenvalue weighted by Crippen LogP contribution is 2.40. The second-order valence-corrected chi connectivity index (χ2v) is 8.93. The molecule has 0 saturated heterocycles. The highest BCUT2D eigenvalue weighted by molar-refractivity contribution is 7.16. The van der Waals surface area contributed by atoms with E-state index in [2.05, 4.69) is 65.6 Å². The summed E-state index contributed by atoms with van der Waals surface area (Å²) in [4.78, 5) is 18.9. The topological polar surface area (TPSA) is 47.6 Å². The molecule has 1 aromatic carbocycles. The number of hydrogen-bond acceptors (Lipinski definition) is 5. The molecule has 0 aliphatic carbocycles. The summed E-state index contributed by atoms with van der Waals surface area (Å²) in [6.07, 6.45) is 3.07. The molecule has 2 aromatic rings. The van der Waals surface area contributed by atoms with Gasteiger partial charge >= 0.3 is 0 Å². The van der Waals surface area contributed by atoms with Crippen LogP contribution in [0.25, 0.3) is 0 Å². The normalized spacial score (nSPS) is 18.8. The summed E-state index contributed by atoms with van der Waals surface area (Å²) >= 11 is 1.74. The van der Waals surface area contributed by atoms with Gasteiger partial charge in [-0.05, 0) is 49.6 Å². The Bertz CT molecular complexity index is 839. The van der Waals surface area contributed by atoms with E-state index in [1.54, 1.807) is 11.3 Å². The van der Waals surface area contributed by atoms with Gasteiger partial charge in [-0.2, -0.15) is 0 Å². The second kappa shape index (κ2) is 8.13. The van der Waals surface area contributed by atoms with Gasteiger partial charge in [0.1, 0.15) is 11.2 Å². The van der Waals surface area contributed by atoms with Crippen molar-refractivity contribution in [3.05, 3.63) is 45.8 Å². The van der Waals surface area contributed by atoms with Crippen LogP contribution < -0.4 is 15.5 Å². The van der Waals surface area contributed by atoms with Gasteiger partial charge in [0.05, 0.1) is 5.56 Å². The van der Waals surface area contributed by atoms with Crippen LogP contribution in [-0.4, -0.2) is 37.5 Å². The molecule has 0 fully saturated rings. The first-order valence-electron chi connectivity index (χ1n) is 10.4. The third kappa shape index (κ3) is 3.63. The molecule has 1 amide bonds. The van der Waals surface area contributed by atoms with Crippen molar-refractivity contribution in [2.24, 2.45) is 0 Å². The molecule has 1 aromatic heterocycles. The minimum absolute atomic E-state index is 0.0588. The summed E-state index contributed by atoms with van der Waals surface area (Å²) in [6, 6.07) is 8.63. The van der Waals surface area contributed by atoms with E-state index in [0.29, 0.717) is 0 Å². The third-order valence-corrected chi connectivity index (χ3v) is 6.75. The maximum atomic E-state index is 12.9. The second-order valence-electron chi connectivity index (χ2n) is 7.83. The SMILES string of the molecule is CCCN(CCC)c1ccc([C@H]2NC(=O)c3c(sc4c3CCN(C)C4)N2)cc1. The number of likely N-dealkylation sites (N-methyl/N-ethyl adjacent to an activating group) is 1. The predicted octanol–water partition coefficient (Wildman–Crippen LogP) is 4.22. The van der Waals surface area contributed by atoms with E-state index >= 15 is 0 Å². The monoisotopic (exact) mass is 398 g/mol. The number of nitrogens with one attached hydrogen (secondary N) is 2. The number of hydrogen-bond donors (Lipinski definition) is 2. The summed E-state index contributed by atoms with van der Waals surface area (Å²) in [5.74, 6) is 0.0588. The zero-order valence-corrected chi connectivity index (χ0v) is 17.9. The molecular weight excluding hydrogens is 368 g/mol. The summed E-state index contributed by atoms with van der Waals surface area (Å²) in [5, 5.41) is 7.76. The van der Waals surface area contributed by atoms with Gasteiger partial charge in [-0.25, -0.2) is 0 Å². The van der Waals surface area contributed by atoms with Crippen molar-refractivity contribution in [3.63, 3.8) is 0 Å². The van der Waals surface area contributed by atoms with Crippen LogP contribution in [0.15, 0.2) is 24.3 Å². The summed E-state index contributed by atoms with van der Waals surface area (Å²) in [6.45, 7) is 8.53. The van der Waals surface area contributed by atoms with Crippen molar-refractivity contribution in [1.29, 1.82) is 0 Å². The zero-order chi connectivity index (χ0) is 19.7. The maximum absolute atomic E-state index is 12.9. The molecule has 3 heterocycles. The van der Waals surface area contributed by atoms with Gasteiger partial charge in [0.15, 0.2) is 0 Å². The number of nitrogens with zero attached hydrogens (tertiary/aromatic N) is 2. The fourth-order valence-corrected chi connectivity index (χ4v) is 5.55. The Hall–Kier alpha value is -2.05. The van der Waals surface area contributed by atoms with Gasteiger partial charge in [-0.1, -0.05) is 26.0 Å². The minimum Gasteiger partial charge on any atom is -0.372 e. The smallest absolute Gasteiger partial charge is 0.256 e. The van der Waals surface area contributed by atoms with Gasteiger partial charge in [-0.3, -0.25) is 4.79 Å². The number of carbonyl (C=O) groups excluding carboxylic acids is 1. The molecule has 2 aliphatic heterocycles. The molecular formula is C22H30N4OS. The Morgan fingerprint density at radius 1 is 1.14 bits per heavy atom. The lowest BCUT2D eigenvalue weighted by Gasteiger charge is -2.28. The first kappa shape index (κ1) is 19.3. The number of benzene rings is 1. The van der Waals surface area contributed by atoms with Crippen molar-refractivity contribution in [2.45, 2.75) is 45.8 Å². The van der Waals surface area contributed by atoms with Gasteiger partial charge in [0.25, 0.3) is 5.91 Å². The Labute approximate surface area is 171 Å². The number of fused-ring (bicyclic) bond motifs is 3. The average molecular weight is 399 g/mol. The molecule has 2 N–H and O–H groups in total. The lowest BCUT2D eigenvalue weighted by Crippen LogP contribution is -2.38. The average Bonchev–Trinajstić information content (AvgIpc) is 3.05. The summed E-state index contributed by atoms with van der Waals surface area (Å²) in [5.41, 5.74) is 4.47. The number of thiophene rings is 1. The molecule has 0 spiro atoms.